The molecule has 0 saturated carbocycles. The average Bonchev–Trinajstić information content (AvgIpc) is 2.03. The third kappa shape index (κ3) is 9.88. The van der Waals surface area contributed by atoms with E-state index >= 15 is 0 Å². The van der Waals surface area contributed by atoms with Crippen LogP contribution in [0.4, 0.5) is 0 Å². The van der Waals surface area contributed by atoms with E-state index in [-0.39, 0.29) is 12.6 Å². The number of hydrogen-bond acceptors (Lipinski definition) is 5. The van der Waals surface area contributed by atoms with Gasteiger partial charge in [0, 0.05) is 0 Å². The van der Waals surface area contributed by atoms with Crippen molar-refractivity contribution < 1.29 is 23.6 Å². The van der Waals surface area contributed by atoms with E-state index in [0.29, 0.717) is 0 Å². The Bertz CT molecular complexity index is 118. The minimum atomic E-state index is -1.58. The van der Waals surface area contributed by atoms with Crippen molar-refractivity contribution in [1.29, 1.82) is 0 Å². The summed E-state index contributed by atoms with van der Waals surface area (Å²) in [6, 6.07) is 0. The molecule has 7 heteroatoms. The van der Waals surface area contributed by atoms with Crippen molar-refractivity contribution in [3.8, 4) is 0 Å². The van der Waals surface area contributed by atoms with Crippen LogP contribution in [0.2, 0.25) is 0 Å². The van der Waals surface area contributed by atoms with Crippen molar-refractivity contribution in [3.63, 3.8) is 0 Å². The van der Waals surface area contributed by atoms with Gasteiger partial charge in [0.15, 0.2) is 12.6 Å². The van der Waals surface area contributed by atoms with E-state index in [1.165, 1.54) is 0 Å². The second kappa shape index (κ2) is 9.88. The summed E-state index contributed by atoms with van der Waals surface area (Å²) in [6.45, 7) is 0. The Labute approximate surface area is 73.1 Å². The van der Waals surface area contributed by atoms with E-state index in [1.54, 1.807) is 0 Å². The van der Waals surface area contributed by atoms with Gasteiger partial charge in [-0.1, -0.05) is 0 Å². The third-order valence-electron chi connectivity index (χ3n) is 0.629. The molecular formula is C4H6AlClO5. The van der Waals surface area contributed by atoms with Crippen LogP contribution >= 0.6 is 10.0 Å². The molecule has 0 heterocycles. The van der Waals surface area contributed by atoms with Gasteiger partial charge in [0.2, 0.25) is 0 Å². The molecule has 0 aromatic heterocycles. The fourth-order valence-corrected chi connectivity index (χ4v) is 0.161. The number of carbonyl (C=O) groups is 2. The first-order valence-electron chi connectivity index (χ1n) is 2.44. The van der Waals surface area contributed by atoms with E-state index in [1.807, 2.05) is 0 Å². The molecule has 0 fully saturated rings. The number of rotatable bonds is 3. The maximum atomic E-state index is 9.54. The number of halogens is 1. The van der Waals surface area contributed by atoms with Crippen molar-refractivity contribution in [2.45, 2.75) is 12.2 Å². The molecule has 0 aliphatic rings. The van der Waals surface area contributed by atoms with Crippen LogP contribution in [0.1, 0.15) is 0 Å². The van der Waals surface area contributed by atoms with Crippen molar-refractivity contribution in [1.82, 2.24) is 0 Å². The molecule has 2 unspecified atom stereocenters. The van der Waals surface area contributed by atoms with Crippen LogP contribution in [0, 0.1) is 0 Å². The van der Waals surface area contributed by atoms with E-state index < -0.39 is 26.4 Å². The zero-order valence-electron chi connectivity index (χ0n) is 5.38. The van der Waals surface area contributed by atoms with Gasteiger partial charge in [-0.05, 0) is 0 Å². The Hall–Kier alpha value is -0.118. The minimum absolute atomic E-state index is 0.0963. The molecule has 62 valence electrons. The summed E-state index contributed by atoms with van der Waals surface area (Å²) < 4.78 is 8.78. The molecule has 0 amide bonds. The Morgan fingerprint density at radius 1 is 1.18 bits per heavy atom. The van der Waals surface area contributed by atoms with Gasteiger partial charge < -0.3 is 19.8 Å². The average molecular weight is 197 g/mol. The quantitative estimate of drug-likeness (QED) is 0.415. The van der Waals surface area contributed by atoms with Gasteiger partial charge in [-0.25, -0.2) is 0 Å². The van der Waals surface area contributed by atoms with Gasteiger partial charge >= 0.3 is 28.1 Å². The standard InChI is InChI=1S/C4H6O4.Al.ClH.O/c5-1-3(7)4(8)2-6;;;/h1-4,7-8H;;1H;/q;+1;;/p-1. The Balaban J connectivity index is 0. The van der Waals surface area contributed by atoms with Crippen LogP contribution < -0.4 is 0 Å². The first-order chi connectivity index (χ1) is 5.13. The fraction of sp³-hybridized carbons (Fsp3) is 0.500. The Morgan fingerprint density at radius 3 is 1.45 bits per heavy atom. The van der Waals surface area contributed by atoms with Crippen LogP contribution in [0.15, 0.2) is 0 Å². The second-order valence-corrected chi connectivity index (χ2v) is 2.06. The van der Waals surface area contributed by atoms with Crippen molar-refractivity contribution >= 4 is 36.9 Å². The van der Waals surface area contributed by atoms with E-state index in [9.17, 15) is 9.59 Å². The predicted molar refractivity (Wildman–Crippen MR) is 36.4 cm³/mol. The molecule has 11 heavy (non-hydrogen) atoms. The topological polar surface area (TPSA) is 91.7 Å². The summed E-state index contributed by atoms with van der Waals surface area (Å²) in [4.78, 5) is 19.1. The second-order valence-electron chi connectivity index (χ2n) is 1.34. The molecule has 0 aromatic rings. The molecular weight excluding hydrogens is 190 g/mol. The van der Waals surface area contributed by atoms with Crippen molar-refractivity contribution in [2.75, 3.05) is 0 Å². The van der Waals surface area contributed by atoms with Crippen LogP contribution in [0.3, 0.4) is 0 Å². The van der Waals surface area contributed by atoms with Gasteiger partial charge in [0.05, 0.1) is 0 Å². The van der Waals surface area contributed by atoms with E-state index in [4.69, 9.17) is 14.0 Å². The van der Waals surface area contributed by atoms with Gasteiger partial charge in [0.1, 0.15) is 12.2 Å². The van der Waals surface area contributed by atoms with Gasteiger partial charge in [0.25, 0.3) is 0 Å². The number of aldehydes is 2. The van der Waals surface area contributed by atoms with Crippen LogP contribution in [0.25, 0.3) is 0 Å². The molecule has 0 aromatic carbocycles. The molecule has 2 N–H and O–H groups in total. The van der Waals surface area contributed by atoms with Gasteiger partial charge in [-0.15, -0.1) is 0 Å². The zero-order valence-corrected chi connectivity index (χ0v) is 7.29. The monoisotopic (exact) mass is 196 g/mol. The first kappa shape index (κ1) is 13.5. The first-order valence-corrected chi connectivity index (χ1v) is 4.66. The van der Waals surface area contributed by atoms with Gasteiger partial charge in [-0.3, -0.25) is 0 Å². The SMILES string of the molecule is O=CC(O)C(O)C=O.[O]=[Al][Cl]. The Kier molecular flexibility index (Phi) is 12.1. The zero-order chi connectivity index (χ0) is 9.28. The number of hydrogen-bond donors (Lipinski definition) is 2. The molecule has 2 atom stereocenters. The third-order valence-corrected chi connectivity index (χ3v) is 0.629. The molecule has 0 rings (SSSR count). The van der Waals surface area contributed by atoms with Crippen molar-refractivity contribution in [2.24, 2.45) is 0 Å². The molecule has 0 saturated heterocycles. The summed E-state index contributed by atoms with van der Waals surface area (Å²) >= 11 is -1.03. The summed E-state index contributed by atoms with van der Waals surface area (Å²) in [6.07, 6.45) is -2.96. The van der Waals surface area contributed by atoms with Crippen LogP contribution in [0.5, 0.6) is 0 Å². The normalized spacial score (nSPS) is 13.0. The van der Waals surface area contributed by atoms with Crippen LogP contribution in [-0.2, 0) is 13.4 Å². The summed E-state index contributed by atoms with van der Waals surface area (Å²) in [5, 5.41) is 16.6. The molecule has 0 radical (unpaired) electrons. The summed E-state index contributed by atoms with van der Waals surface area (Å²) in [5.41, 5.74) is 0. The van der Waals surface area contributed by atoms with Crippen LogP contribution in [-0.4, -0.2) is 49.2 Å². The fourth-order valence-electron chi connectivity index (χ4n) is 0.161. The summed E-state index contributed by atoms with van der Waals surface area (Å²) in [7, 11) is 4.53. The molecule has 0 aliphatic carbocycles. The molecule has 0 aliphatic heterocycles. The van der Waals surface area contributed by atoms with E-state index in [0.717, 1.165) is 0 Å². The number of aliphatic hydroxyl groups excluding tert-OH is 2. The Morgan fingerprint density at radius 2 is 1.36 bits per heavy atom. The van der Waals surface area contributed by atoms with Gasteiger partial charge in [-0.2, -0.15) is 0 Å². The van der Waals surface area contributed by atoms with E-state index in [2.05, 4.69) is 10.0 Å². The number of carbonyl (C=O) groups excluding carboxylic acids is 2. The molecule has 5 nitrogen and oxygen atoms in total. The maximum absolute atomic E-state index is 9.54. The van der Waals surface area contributed by atoms with Crippen molar-refractivity contribution in [3.05, 3.63) is 0 Å². The summed E-state index contributed by atoms with van der Waals surface area (Å²) in [5.74, 6) is 0. The molecule has 0 bridgehead atoms. The predicted octanol–water partition coefficient (Wildman–Crippen LogP) is -1.70. The number of aliphatic hydroxyl groups is 2. The molecule has 0 spiro atoms.